The summed E-state index contributed by atoms with van der Waals surface area (Å²) in [5.74, 6) is -0.0976. The van der Waals surface area contributed by atoms with Crippen molar-refractivity contribution in [1.82, 2.24) is 4.98 Å². The zero-order valence-electron chi connectivity index (χ0n) is 17.1. The van der Waals surface area contributed by atoms with Crippen LogP contribution in [-0.4, -0.2) is 16.0 Å². The second kappa shape index (κ2) is 9.72. The minimum atomic E-state index is -0.0908. The van der Waals surface area contributed by atoms with Crippen LogP contribution in [0.3, 0.4) is 0 Å². The minimum Gasteiger partial charge on any atom is -0.506 e. The number of para-hydroxylation sites is 2. The molecular formula is C27H24N2O2. The van der Waals surface area contributed by atoms with Crippen molar-refractivity contribution in [3.63, 3.8) is 0 Å². The molecule has 4 aromatic rings. The molecule has 0 radical (unpaired) electrons. The number of carbonyl (C=O) groups is 1. The van der Waals surface area contributed by atoms with Crippen molar-refractivity contribution in [1.29, 1.82) is 0 Å². The van der Waals surface area contributed by atoms with Gasteiger partial charge in [0, 0.05) is 18.5 Å². The number of rotatable bonds is 7. The summed E-state index contributed by atoms with van der Waals surface area (Å²) in [5, 5.41) is 10.5. The fourth-order valence-electron chi connectivity index (χ4n) is 3.74. The van der Waals surface area contributed by atoms with Crippen LogP contribution in [-0.2, 0) is 11.3 Å². The molecule has 0 bridgehead atoms. The van der Waals surface area contributed by atoms with E-state index in [-0.39, 0.29) is 30.5 Å². The molecule has 0 aliphatic heterocycles. The Morgan fingerprint density at radius 3 is 1.94 bits per heavy atom. The average Bonchev–Trinajstić information content (AvgIpc) is 2.83. The first kappa shape index (κ1) is 20.4. The predicted molar refractivity (Wildman–Crippen MR) is 123 cm³/mol. The number of nitrogens with zero attached hydrogens (tertiary/aromatic N) is 2. The highest BCUT2D eigenvalue weighted by Gasteiger charge is 2.25. The second-order valence-corrected chi connectivity index (χ2v) is 7.37. The van der Waals surface area contributed by atoms with E-state index < -0.39 is 0 Å². The van der Waals surface area contributed by atoms with Crippen molar-refractivity contribution in [3.05, 3.63) is 126 Å². The Bertz CT molecular complexity index is 1080. The standard InChI is InChI=1S/C27H24N2O2/c30-26-17-8-7-16-25(26)29(20-23-15-9-10-18-28-23)27(31)19-24(21-11-3-1-4-12-21)22-13-5-2-6-14-22/h1-18,24,30H,19-20H2. The van der Waals surface area contributed by atoms with Crippen LogP contribution in [0.2, 0.25) is 0 Å². The lowest BCUT2D eigenvalue weighted by Gasteiger charge is -2.26. The fourth-order valence-corrected chi connectivity index (χ4v) is 3.74. The minimum absolute atomic E-state index is 0.0720. The monoisotopic (exact) mass is 408 g/mol. The van der Waals surface area contributed by atoms with Gasteiger partial charge in [0.15, 0.2) is 0 Å². The molecule has 31 heavy (non-hydrogen) atoms. The fraction of sp³-hybridized carbons (Fsp3) is 0.111. The number of carbonyl (C=O) groups excluding carboxylic acids is 1. The first-order chi connectivity index (χ1) is 15.2. The van der Waals surface area contributed by atoms with E-state index in [4.69, 9.17) is 0 Å². The van der Waals surface area contributed by atoms with Crippen molar-refractivity contribution in [2.45, 2.75) is 18.9 Å². The SMILES string of the molecule is O=C(CC(c1ccccc1)c1ccccc1)N(Cc1ccccn1)c1ccccc1O. The number of phenolic OH excluding ortho intramolecular Hbond substituents is 1. The molecule has 1 amide bonds. The molecule has 4 heteroatoms. The molecule has 3 aromatic carbocycles. The topological polar surface area (TPSA) is 53.4 Å². The molecule has 1 heterocycles. The smallest absolute Gasteiger partial charge is 0.228 e. The lowest BCUT2D eigenvalue weighted by atomic mass is 9.88. The number of anilines is 1. The van der Waals surface area contributed by atoms with Gasteiger partial charge >= 0.3 is 0 Å². The van der Waals surface area contributed by atoms with E-state index in [0.717, 1.165) is 16.8 Å². The Morgan fingerprint density at radius 2 is 1.35 bits per heavy atom. The molecule has 0 aliphatic rings. The maximum Gasteiger partial charge on any atom is 0.228 e. The third-order valence-corrected chi connectivity index (χ3v) is 5.30. The van der Waals surface area contributed by atoms with Gasteiger partial charge in [0.05, 0.1) is 17.9 Å². The van der Waals surface area contributed by atoms with Crippen LogP contribution >= 0.6 is 0 Å². The van der Waals surface area contributed by atoms with Crippen LogP contribution in [0, 0.1) is 0 Å². The van der Waals surface area contributed by atoms with Crippen molar-refractivity contribution >= 4 is 11.6 Å². The predicted octanol–water partition coefficient (Wildman–Crippen LogP) is 5.54. The van der Waals surface area contributed by atoms with Gasteiger partial charge in [0.25, 0.3) is 0 Å². The van der Waals surface area contributed by atoms with Crippen molar-refractivity contribution in [2.24, 2.45) is 0 Å². The van der Waals surface area contributed by atoms with E-state index >= 15 is 0 Å². The number of hydrogen-bond donors (Lipinski definition) is 1. The van der Waals surface area contributed by atoms with Gasteiger partial charge in [-0.15, -0.1) is 0 Å². The van der Waals surface area contributed by atoms with E-state index in [9.17, 15) is 9.90 Å². The Kier molecular flexibility index (Phi) is 6.38. The van der Waals surface area contributed by atoms with E-state index in [1.165, 1.54) is 0 Å². The second-order valence-electron chi connectivity index (χ2n) is 7.37. The van der Waals surface area contributed by atoms with Gasteiger partial charge in [-0.2, -0.15) is 0 Å². The molecule has 0 saturated carbocycles. The molecule has 1 aromatic heterocycles. The molecule has 0 atom stereocenters. The largest absolute Gasteiger partial charge is 0.506 e. The highest BCUT2D eigenvalue weighted by Crippen LogP contribution is 2.33. The lowest BCUT2D eigenvalue weighted by molar-refractivity contribution is -0.119. The molecule has 0 aliphatic carbocycles. The van der Waals surface area contributed by atoms with Crippen LogP contribution in [0.5, 0.6) is 5.75 Å². The molecule has 4 rings (SSSR count). The van der Waals surface area contributed by atoms with E-state index in [2.05, 4.69) is 4.98 Å². The third kappa shape index (κ3) is 4.98. The van der Waals surface area contributed by atoms with Crippen LogP contribution in [0.4, 0.5) is 5.69 Å². The first-order valence-corrected chi connectivity index (χ1v) is 10.3. The average molecular weight is 409 g/mol. The first-order valence-electron chi connectivity index (χ1n) is 10.3. The van der Waals surface area contributed by atoms with Gasteiger partial charge in [-0.1, -0.05) is 78.9 Å². The van der Waals surface area contributed by atoms with Crippen molar-refractivity contribution < 1.29 is 9.90 Å². The van der Waals surface area contributed by atoms with Gasteiger partial charge in [0.1, 0.15) is 5.75 Å². The number of hydrogen-bond acceptors (Lipinski definition) is 3. The zero-order valence-corrected chi connectivity index (χ0v) is 17.1. The van der Waals surface area contributed by atoms with Crippen LogP contribution in [0.25, 0.3) is 0 Å². The normalized spacial score (nSPS) is 10.7. The number of phenols is 1. The maximum absolute atomic E-state index is 13.6. The number of amides is 1. The molecule has 0 spiro atoms. The number of aromatic hydroxyl groups is 1. The van der Waals surface area contributed by atoms with Crippen LogP contribution in [0.1, 0.15) is 29.2 Å². The molecule has 154 valence electrons. The highest BCUT2D eigenvalue weighted by molar-refractivity contribution is 5.95. The Morgan fingerprint density at radius 1 is 0.774 bits per heavy atom. The molecule has 0 unspecified atom stereocenters. The van der Waals surface area contributed by atoms with Gasteiger partial charge < -0.3 is 10.0 Å². The molecular weight excluding hydrogens is 384 g/mol. The van der Waals surface area contributed by atoms with Crippen molar-refractivity contribution in [2.75, 3.05) is 4.90 Å². The molecule has 4 nitrogen and oxygen atoms in total. The third-order valence-electron chi connectivity index (χ3n) is 5.30. The summed E-state index contributed by atoms with van der Waals surface area (Å²) < 4.78 is 0. The summed E-state index contributed by atoms with van der Waals surface area (Å²) in [4.78, 5) is 19.6. The summed E-state index contributed by atoms with van der Waals surface area (Å²) in [7, 11) is 0. The summed E-state index contributed by atoms with van der Waals surface area (Å²) in [6.07, 6.45) is 1.98. The Labute approximate surface area is 182 Å². The summed E-state index contributed by atoms with van der Waals surface area (Å²) >= 11 is 0. The zero-order chi connectivity index (χ0) is 21.5. The quantitative estimate of drug-likeness (QED) is 0.437. The number of aromatic nitrogens is 1. The summed E-state index contributed by atoms with van der Waals surface area (Å²) in [5.41, 5.74) is 3.40. The van der Waals surface area contributed by atoms with Crippen LogP contribution in [0.15, 0.2) is 109 Å². The van der Waals surface area contributed by atoms with Crippen molar-refractivity contribution in [3.8, 4) is 5.75 Å². The molecule has 1 N–H and O–H groups in total. The number of pyridine rings is 1. The number of benzene rings is 3. The molecule has 0 fully saturated rings. The van der Waals surface area contributed by atoms with E-state index in [1.54, 1.807) is 29.3 Å². The van der Waals surface area contributed by atoms with E-state index in [0.29, 0.717) is 5.69 Å². The van der Waals surface area contributed by atoms with Gasteiger partial charge in [-0.3, -0.25) is 9.78 Å². The van der Waals surface area contributed by atoms with Gasteiger partial charge in [-0.05, 0) is 35.4 Å². The maximum atomic E-state index is 13.6. The lowest BCUT2D eigenvalue weighted by Crippen LogP contribution is -2.32. The Hall–Kier alpha value is -3.92. The summed E-state index contributed by atoms with van der Waals surface area (Å²) in [6, 6.07) is 32.7. The Balaban J connectivity index is 1.69. The van der Waals surface area contributed by atoms with Gasteiger partial charge in [-0.25, -0.2) is 0 Å². The summed E-state index contributed by atoms with van der Waals surface area (Å²) in [6.45, 7) is 0.285. The highest BCUT2D eigenvalue weighted by atomic mass is 16.3. The van der Waals surface area contributed by atoms with Crippen LogP contribution < -0.4 is 4.90 Å². The van der Waals surface area contributed by atoms with Gasteiger partial charge in [0.2, 0.25) is 5.91 Å². The van der Waals surface area contributed by atoms with E-state index in [1.807, 2.05) is 84.9 Å². The molecule has 0 saturated heterocycles.